The van der Waals surface area contributed by atoms with Crippen molar-refractivity contribution in [1.29, 1.82) is 0 Å². The quantitative estimate of drug-likeness (QED) is 0.596. The second-order valence-corrected chi connectivity index (χ2v) is 7.47. The van der Waals surface area contributed by atoms with E-state index in [9.17, 15) is 19.2 Å². The van der Waals surface area contributed by atoms with Crippen molar-refractivity contribution in [2.24, 2.45) is 5.73 Å². The van der Waals surface area contributed by atoms with Gasteiger partial charge in [-0.1, -0.05) is 12.1 Å². The molecule has 2 heterocycles. The molecule has 0 bridgehead atoms. The van der Waals surface area contributed by atoms with Crippen LogP contribution in [0.3, 0.4) is 0 Å². The number of imide groups is 2. The van der Waals surface area contributed by atoms with E-state index >= 15 is 0 Å². The highest BCUT2D eigenvalue weighted by Gasteiger charge is 2.44. The number of methoxy groups -OCH3 is 1. The average Bonchev–Trinajstić information content (AvgIpc) is 3.02. The molecule has 9 heteroatoms. The molecule has 0 saturated carbocycles. The molecule has 31 heavy (non-hydrogen) atoms. The fraction of sp³-hybridized carbons (Fsp3) is 0.273. The molecule has 2 unspecified atom stereocenters. The Labute approximate surface area is 178 Å². The van der Waals surface area contributed by atoms with Crippen molar-refractivity contribution in [2.75, 3.05) is 19.0 Å². The van der Waals surface area contributed by atoms with Crippen LogP contribution in [0.1, 0.15) is 45.2 Å². The number of anilines is 1. The van der Waals surface area contributed by atoms with Crippen LogP contribution >= 0.6 is 0 Å². The standard InChI is InChI=1S/C22H22N4O5/c1-31-14-5-2-12(3-6-14)17(23)11-24-13-4-7-15-16(10-13)22(30)26(21(15)29)18-8-9-19(27)25-20(18)28/h2-7,10,17-18,24H,8-9,11,23H2,1H3,(H,25,27,28). The van der Waals surface area contributed by atoms with E-state index in [1.807, 2.05) is 24.3 Å². The Bertz CT molecular complexity index is 1070. The minimum absolute atomic E-state index is 0.0832. The van der Waals surface area contributed by atoms with Crippen LogP contribution in [0.2, 0.25) is 0 Å². The van der Waals surface area contributed by atoms with E-state index in [4.69, 9.17) is 10.5 Å². The highest BCUT2D eigenvalue weighted by molar-refractivity contribution is 6.23. The molecular formula is C22H22N4O5. The van der Waals surface area contributed by atoms with Crippen LogP contribution in [-0.2, 0) is 9.59 Å². The number of hydrogen-bond acceptors (Lipinski definition) is 7. The molecule has 0 radical (unpaired) electrons. The van der Waals surface area contributed by atoms with E-state index in [0.717, 1.165) is 16.2 Å². The van der Waals surface area contributed by atoms with Gasteiger partial charge in [0.2, 0.25) is 11.8 Å². The maximum atomic E-state index is 12.9. The Hall–Kier alpha value is -3.72. The molecule has 0 spiro atoms. The number of ether oxygens (including phenoxy) is 1. The zero-order chi connectivity index (χ0) is 22.1. The van der Waals surface area contributed by atoms with Crippen molar-refractivity contribution in [3.05, 3.63) is 59.2 Å². The fourth-order valence-electron chi connectivity index (χ4n) is 3.78. The van der Waals surface area contributed by atoms with Gasteiger partial charge in [0.1, 0.15) is 11.8 Å². The second kappa shape index (κ2) is 8.19. The summed E-state index contributed by atoms with van der Waals surface area (Å²) < 4.78 is 5.14. The van der Waals surface area contributed by atoms with Crippen molar-refractivity contribution in [2.45, 2.75) is 24.9 Å². The van der Waals surface area contributed by atoms with E-state index in [0.29, 0.717) is 12.2 Å². The van der Waals surface area contributed by atoms with Gasteiger partial charge in [-0.25, -0.2) is 0 Å². The Balaban J connectivity index is 1.46. The molecule has 2 aromatic rings. The number of carbonyl (C=O) groups excluding carboxylic acids is 4. The molecule has 4 rings (SSSR count). The molecule has 1 fully saturated rings. The Morgan fingerprint density at radius 3 is 2.48 bits per heavy atom. The third kappa shape index (κ3) is 3.87. The number of amides is 4. The highest BCUT2D eigenvalue weighted by Crippen LogP contribution is 2.29. The van der Waals surface area contributed by atoms with Gasteiger partial charge in [0.25, 0.3) is 11.8 Å². The first-order valence-corrected chi connectivity index (χ1v) is 9.88. The van der Waals surface area contributed by atoms with Crippen LogP contribution in [0.4, 0.5) is 5.69 Å². The molecule has 2 aliphatic heterocycles. The first-order valence-electron chi connectivity index (χ1n) is 9.88. The van der Waals surface area contributed by atoms with E-state index in [1.54, 1.807) is 25.3 Å². The zero-order valence-electron chi connectivity index (χ0n) is 16.9. The molecule has 4 amide bonds. The van der Waals surface area contributed by atoms with Crippen LogP contribution in [-0.4, -0.2) is 48.2 Å². The molecule has 2 aromatic carbocycles. The number of carbonyl (C=O) groups is 4. The minimum atomic E-state index is -0.981. The number of nitrogens with one attached hydrogen (secondary N) is 2. The fourth-order valence-corrected chi connectivity index (χ4v) is 3.78. The Morgan fingerprint density at radius 2 is 1.81 bits per heavy atom. The number of nitrogens with two attached hydrogens (primary N) is 1. The molecule has 4 N–H and O–H groups in total. The van der Waals surface area contributed by atoms with Gasteiger partial charge in [-0.2, -0.15) is 0 Å². The van der Waals surface area contributed by atoms with Gasteiger partial charge in [-0.15, -0.1) is 0 Å². The number of rotatable bonds is 6. The summed E-state index contributed by atoms with van der Waals surface area (Å²) in [6.45, 7) is 0.407. The predicted octanol–water partition coefficient (Wildman–Crippen LogP) is 1.21. The summed E-state index contributed by atoms with van der Waals surface area (Å²) in [5.41, 5.74) is 8.25. The van der Waals surface area contributed by atoms with Crippen molar-refractivity contribution in [1.82, 2.24) is 10.2 Å². The summed E-state index contributed by atoms with van der Waals surface area (Å²) in [5.74, 6) is -1.37. The highest BCUT2D eigenvalue weighted by atomic mass is 16.5. The molecule has 0 aliphatic carbocycles. The first kappa shape index (κ1) is 20.5. The molecular weight excluding hydrogens is 400 g/mol. The maximum absolute atomic E-state index is 12.9. The number of nitrogens with zero attached hydrogens (tertiary/aromatic N) is 1. The van der Waals surface area contributed by atoms with Gasteiger partial charge in [0.15, 0.2) is 0 Å². The molecule has 0 aromatic heterocycles. The number of benzene rings is 2. The molecule has 9 nitrogen and oxygen atoms in total. The van der Waals surface area contributed by atoms with E-state index < -0.39 is 29.7 Å². The van der Waals surface area contributed by atoms with Gasteiger partial charge in [-0.05, 0) is 42.3 Å². The van der Waals surface area contributed by atoms with Crippen LogP contribution in [0.25, 0.3) is 0 Å². The van der Waals surface area contributed by atoms with Crippen molar-refractivity contribution < 1.29 is 23.9 Å². The third-order valence-corrected chi connectivity index (χ3v) is 5.51. The van der Waals surface area contributed by atoms with Gasteiger partial charge < -0.3 is 15.8 Å². The summed E-state index contributed by atoms with van der Waals surface area (Å²) in [6.07, 6.45) is 0.206. The number of piperidine rings is 1. The van der Waals surface area contributed by atoms with Crippen LogP contribution in [0, 0.1) is 0 Å². The Kier molecular flexibility index (Phi) is 5.43. The van der Waals surface area contributed by atoms with Crippen LogP contribution in [0.15, 0.2) is 42.5 Å². The minimum Gasteiger partial charge on any atom is -0.497 e. The third-order valence-electron chi connectivity index (χ3n) is 5.51. The summed E-state index contributed by atoms with van der Waals surface area (Å²) in [7, 11) is 1.59. The summed E-state index contributed by atoms with van der Waals surface area (Å²) in [6, 6.07) is 11.0. The zero-order valence-corrected chi connectivity index (χ0v) is 16.9. The van der Waals surface area contributed by atoms with Gasteiger partial charge in [0.05, 0.1) is 18.2 Å². The SMILES string of the molecule is COc1ccc(C(N)CNc2ccc3c(c2)C(=O)N(C2CCC(=O)NC2=O)C3=O)cc1. The van der Waals surface area contributed by atoms with Gasteiger partial charge >= 0.3 is 0 Å². The monoisotopic (exact) mass is 422 g/mol. The second-order valence-electron chi connectivity index (χ2n) is 7.47. The lowest BCUT2D eigenvalue weighted by Crippen LogP contribution is -2.54. The van der Waals surface area contributed by atoms with Crippen LogP contribution < -0.4 is 21.1 Å². The summed E-state index contributed by atoms with van der Waals surface area (Å²) >= 11 is 0. The lowest BCUT2D eigenvalue weighted by molar-refractivity contribution is -0.136. The molecule has 1 saturated heterocycles. The molecule has 2 atom stereocenters. The van der Waals surface area contributed by atoms with Crippen LogP contribution in [0.5, 0.6) is 5.75 Å². The summed E-state index contributed by atoms with van der Waals surface area (Å²) in [5, 5.41) is 5.37. The largest absolute Gasteiger partial charge is 0.497 e. The van der Waals surface area contributed by atoms with Crippen molar-refractivity contribution in [3.63, 3.8) is 0 Å². The van der Waals surface area contributed by atoms with Gasteiger partial charge in [0, 0.05) is 24.7 Å². The topological polar surface area (TPSA) is 131 Å². The maximum Gasteiger partial charge on any atom is 0.262 e. The van der Waals surface area contributed by atoms with Gasteiger partial charge in [-0.3, -0.25) is 29.4 Å². The molecule has 2 aliphatic rings. The number of hydrogen-bond donors (Lipinski definition) is 3. The smallest absolute Gasteiger partial charge is 0.262 e. The lowest BCUT2D eigenvalue weighted by atomic mass is 10.0. The Morgan fingerprint density at radius 1 is 1.10 bits per heavy atom. The van der Waals surface area contributed by atoms with Crippen molar-refractivity contribution >= 4 is 29.3 Å². The van der Waals surface area contributed by atoms with E-state index in [1.165, 1.54) is 0 Å². The number of fused-ring (bicyclic) bond motifs is 1. The first-order chi connectivity index (χ1) is 14.9. The molecule has 160 valence electrons. The lowest BCUT2D eigenvalue weighted by Gasteiger charge is -2.27. The average molecular weight is 422 g/mol. The van der Waals surface area contributed by atoms with E-state index in [-0.39, 0.29) is 30.0 Å². The normalized spacial score (nSPS) is 19.2. The van der Waals surface area contributed by atoms with E-state index in [2.05, 4.69) is 10.6 Å². The van der Waals surface area contributed by atoms with Crippen molar-refractivity contribution in [3.8, 4) is 5.75 Å². The summed E-state index contributed by atoms with van der Waals surface area (Å²) in [4.78, 5) is 50.1. The predicted molar refractivity (Wildman–Crippen MR) is 112 cm³/mol.